The molecule has 3 rings (SSSR count). The molecule has 0 heterocycles. The van der Waals surface area contributed by atoms with Crippen LogP contribution in [0, 0.1) is 69.5 Å². The Kier molecular flexibility index (Phi) is 11.2. The maximum Gasteiger partial charge on any atom is 2.00 e. The second-order valence-electron chi connectivity index (χ2n) is 4.61. The first-order valence-corrected chi connectivity index (χ1v) is 8.06. The molecule has 1 aromatic rings. The van der Waals surface area contributed by atoms with Gasteiger partial charge in [0.2, 0.25) is 0 Å². The summed E-state index contributed by atoms with van der Waals surface area (Å²) in [6, 6.07) is 6.70. The minimum Gasteiger partial charge on any atom is -0.378 e. The van der Waals surface area contributed by atoms with E-state index in [0.717, 1.165) is 3.58 Å². The van der Waals surface area contributed by atoms with Gasteiger partial charge in [0.25, 0.3) is 0 Å². The Morgan fingerprint density at radius 1 is 0.957 bits per heavy atom. The monoisotopic (exact) mass is 461 g/mol. The maximum absolute atomic E-state index is 13.3. The van der Waals surface area contributed by atoms with Gasteiger partial charge in [-0.1, -0.05) is 18.2 Å². The molecule has 1 aromatic carbocycles. The molecule has 4 heteroatoms. The van der Waals surface area contributed by atoms with E-state index >= 15 is 0 Å². The first-order valence-electron chi connectivity index (χ1n) is 6.98. The quantitative estimate of drug-likeness (QED) is 0.493. The molecule has 2 aliphatic rings. The summed E-state index contributed by atoms with van der Waals surface area (Å²) in [4.78, 5) is 0. The zero-order valence-corrected chi connectivity index (χ0v) is 15.7. The smallest absolute Gasteiger partial charge is 0.378 e. The number of para-hydroxylation sites is 1. The molecule has 0 atom stereocenters. The first-order chi connectivity index (χ1) is 10.8. The molecule has 118 valence electrons. The summed E-state index contributed by atoms with van der Waals surface area (Å²) in [6.45, 7) is 0.632. The van der Waals surface area contributed by atoms with Crippen molar-refractivity contribution in [2.24, 2.45) is 0 Å². The van der Waals surface area contributed by atoms with E-state index in [9.17, 15) is 4.39 Å². The third-order valence-electron chi connectivity index (χ3n) is 2.89. The molecular weight excluding hydrogens is 444 g/mol. The number of nitrogens with one attached hydrogen (secondary N) is 1. The summed E-state index contributed by atoms with van der Waals surface area (Å²) in [5.74, 6) is 0.953. The van der Waals surface area contributed by atoms with E-state index in [1.807, 2.05) is 63.9 Å². The van der Waals surface area contributed by atoms with E-state index < -0.39 is 0 Å². The Balaban J connectivity index is 0.000000377. The van der Waals surface area contributed by atoms with Crippen molar-refractivity contribution in [3.8, 4) is 0 Å². The number of hydrogen-bond donors (Lipinski definition) is 1. The van der Waals surface area contributed by atoms with Gasteiger partial charge in [-0.3, -0.25) is 0 Å². The number of anilines is 1. The van der Waals surface area contributed by atoms with Gasteiger partial charge < -0.3 is 5.32 Å². The average Bonchev–Trinajstić information content (AvgIpc) is 3.22. The van der Waals surface area contributed by atoms with Gasteiger partial charge >= 0.3 is 17.1 Å². The number of rotatable bonds is 4. The van der Waals surface area contributed by atoms with Crippen LogP contribution in [0.3, 0.4) is 0 Å². The molecule has 0 unspecified atom stereocenters. The van der Waals surface area contributed by atoms with Crippen LogP contribution in [0.2, 0.25) is 0 Å². The van der Waals surface area contributed by atoms with Gasteiger partial charge in [0, 0.05) is 16.0 Å². The van der Waals surface area contributed by atoms with E-state index in [0.29, 0.717) is 12.2 Å². The zero-order chi connectivity index (χ0) is 15.6. The molecule has 23 heavy (non-hydrogen) atoms. The Hall–Kier alpha value is -0.0605. The molecule has 1 nitrogen and oxygen atoms in total. The van der Waals surface area contributed by atoms with Gasteiger partial charge in [0.05, 0.1) is 5.69 Å². The Morgan fingerprint density at radius 2 is 1.52 bits per heavy atom. The van der Waals surface area contributed by atoms with E-state index in [-0.39, 0.29) is 22.9 Å². The Bertz CT molecular complexity index is 461. The third kappa shape index (κ3) is 8.55. The average molecular weight is 461 g/mol. The standard InChI is InChI=1S/C14H12FIN.C5H5.Fe/c15-13-7-3-4-8-14(13)17-10-12(16)9-11-5-1-2-6-11;1-2-4-5-3-1;/h1-9,17H,10H2;1-5H;/q;;+2/b12-9-;;. The van der Waals surface area contributed by atoms with Crippen molar-refractivity contribution in [3.05, 3.63) is 103 Å². The second-order valence-corrected chi connectivity index (χ2v) is 5.99. The summed E-state index contributed by atoms with van der Waals surface area (Å²) in [7, 11) is 0. The van der Waals surface area contributed by atoms with Gasteiger partial charge in [0.1, 0.15) is 5.82 Å². The van der Waals surface area contributed by atoms with Crippen LogP contribution in [0.15, 0.2) is 33.9 Å². The van der Waals surface area contributed by atoms with Crippen LogP contribution in [0.1, 0.15) is 0 Å². The van der Waals surface area contributed by atoms with Crippen LogP contribution in [0.25, 0.3) is 0 Å². The van der Waals surface area contributed by atoms with Crippen LogP contribution < -0.4 is 5.32 Å². The molecule has 1 N–H and O–H groups in total. The fourth-order valence-electron chi connectivity index (χ4n) is 1.82. The number of halogens is 2. The maximum atomic E-state index is 13.3. The summed E-state index contributed by atoms with van der Waals surface area (Å²) >= 11 is 2.26. The summed E-state index contributed by atoms with van der Waals surface area (Å²) in [6.07, 6.45) is 20.2. The van der Waals surface area contributed by atoms with Gasteiger partial charge in [-0.05, 0) is 92.5 Å². The molecule has 0 spiro atoms. The van der Waals surface area contributed by atoms with Gasteiger partial charge in [-0.25, -0.2) is 4.39 Å². The Morgan fingerprint density at radius 3 is 2.09 bits per heavy atom. The molecule has 0 aliphatic heterocycles. The van der Waals surface area contributed by atoms with Crippen LogP contribution in [-0.2, 0) is 17.1 Å². The van der Waals surface area contributed by atoms with Crippen molar-refractivity contribution in [2.75, 3.05) is 11.9 Å². The second kappa shape index (κ2) is 12.3. The summed E-state index contributed by atoms with van der Waals surface area (Å²) < 4.78 is 14.5. The number of allylic oxidation sites excluding steroid dienone is 1. The minimum atomic E-state index is -0.218. The van der Waals surface area contributed by atoms with Gasteiger partial charge in [-0.15, -0.1) is 0 Å². The van der Waals surface area contributed by atoms with Crippen molar-refractivity contribution in [3.63, 3.8) is 0 Å². The molecule has 0 saturated heterocycles. The van der Waals surface area contributed by atoms with Crippen LogP contribution in [-0.4, -0.2) is 6.54 Å². The molecule has 2 saturated carbocycles. The van der Waals surface area contributed by atoms with E-state index in [1.165, 1.54) is 12.0 Å². The number of hydrogen-bond acceptors (Lipinski definition) is 1. The third-order valence-corrected chi connectivity index (χ3v) is 3.58. The molecule has 2 fully saturated rings. The van der Waals surface area contributed by atoms with Crippen LogP contribution in [0.4, 0.5) is 10.1 Å². The fraction of sp³-hybridized carbons (Fsp3) is 0.0526. The van der Waals surface area contributed by atoms with E-state index in [1.54, 1.807) is 12.1 Å². The van der Waals surface area contributed by atoms with Crippen molar-refractivity contribution in [2.45, 2.75) is 0 Å². The minimum absolute atomic E-state index is 0. The fourth-order valence-corrected chi connectivity index (χ4v) is 2.37. The van der Waals surface area contributed by atoms with Crippen molar-refractivity contribution < 1.29 is 21.5 Å². The molecule has 0 amide bonds. The molecule has 0 bridgehead atoms. The van der Waals surface area contributed by atoms with E-state index in [4.69, 9.17) is 0 Å². The van der Waals surface area contributed by atoms with Crippen molar-refractivity contribution >= 4 is 28.3 Å². The molecule has 10 radical (unpaired) electrons. The summed E-state index contributed by atoms with van der Waals surface area (Å²) in [5.41, 5.74) is 0.539. The first kappa shape index (κ1) is 21.0. The van der Waals surface area contributed by atoms with Gasteiger partial charge in [-0.2, -0.15) is 0 Å². The predicted molar refractivity (Wildman–Crippen MR) is 98.9 cm³/mol. The van der Waals surface area contributed by atoms with Crippen molar-refractivity contribution in [1.29, 1.82) is 0 Å². The normalized spacial score (nSPS) is 18.1. The predicted octanol–water partition coefficient (Wildman–Crippen LogP) is 4.98. The Labute approximate surface area is 164 Å². The SMILES string of the molecule is Fc1ccccc1NC/C(I)=C/[C]1[CH][CH][CH][CH]1.[CH]1[CH][CH][CH][CH]1.[Fe+2]. The number of benzene rings is 1. The largest absolute Gasteiger partial charge is 2.00 e. The van der Waals surface area contributed by atoms with Crippen LogP contribution in [0.5, 0.6) is 0 Å². The summed E-state index contributed by atoms with van der Waals surface area (Å²) in [5, 5.41) is 3.07. The van der Waals surface area contributed by atoms with Crippen LogP contribution >= 0.6 is 22.6 Å². The molecule has 2 aliphatic carbocycles. The molecule has 0 aromatic heterocycles. The van der Waals surface area contributed by atoms with Crippen molar-refractivity contribution in [1.82, 2.24) is 0 Å². The van der Waals surface area contributed by atoms with E-state index in [2.05, 4.69) is 34.0 Å². The van der Waals surface area contributed by atoms with Gasteiger partial charge in [0.15, 0.2) is 0 Å². The molecular formula is C19H17FFeIN+2. The topological polar surface area (TPSA) is 12.0 Å². The zero-order valence-electron chi connectivity index (χ0n) is 12.4.